The number of hydrogen-bond acceptors (Lipinski definition) is 9. The maximum absolute atomic E-state index is 12.9. The Hall–Kier alpha value is -1.51. The Kier molecular flexibility index (Phi) is 9.10. The van der Waals surface area contributed by atoms with E-state index >= 15 is 0 Å². The maximum Gasteiger partial charge on any atom is 0.264 e. The quantitative estimate of drug-likeness (QED) is 0.414. The van der Waals surface area contributed by atoms with Crippen molar-refractivity contribution in [3.63, 3.8) is 0 Å². The van der Waals surface area contributed by atoms with E-state index in [4.69, 9.17) is 4.42 Å². The minimum absolute atomic E-state index is 0.0405. The van der Waals surface area contributed by atoms with Crippen molar-refractivity contribution in [2.75, 3.05) is 26.4 Å². The van der Waals surface area contributed by atoms with Gasteiger partial charge in [-0.3, -0.25) is 9.71 Å². The molecule has 0 bridgehead atoms. The molecular weight excluding hydrogens is 541 g/mol. The van der Waals surface area contributed by atoms with Crippen molar-refractivity contribution in [2.45, 2.75) is 65.1 Å². The molecule has 1 saturated carbocycles. The minimum Gasteiger partial charge on any atom is -0.464 e. The zero-order chi connectivity index (χ0) is 25.8. The van der Waals surface area contributed by atoms with Gasteiger partial charge in [-0.25, -0.2) is 21.6 Å². The van der Waals surface area contributed by atoms with E-state index < -0.39 is 20.0 Å². The first kappa shape index (κ1) is 27.5. The molecule has 1 aliphatic heterocycles. The fraction of sp³-hybridized carbons (Fsp3) is 0.522. The first-order chi connectivity index (χ1) is 17.1. The minimum atomic E-state index is -3.92. The van der Waals surface area contributed by atoms with Crippen molar-refractivity contribution in [3.05, 3.63) is 41.9 Å². The number of furan rings is 1. The van der Waals surface area contributed by atoms with Crippen molar-refractivity contribution in [3.8, 4) is 0 Å². The van der Waals surface area contributed by atoms with Gasteiger partial charge in [0.25, 0.3) is 10.0 Å². The summed E-state index contributed by atoms with van der Waals surface area (Å²) in [5.74, 6) is 3.23. The highest BCUT2D eigenvalue weighted by Gasteiger charge is 2.30. The molecule has 2 aliphatic rings. The molecule has 2 N–H and O–H groups in total. The largest absolute Gasteiger partial charge is 0.464 e. The summed E-state index contributed by atoms with van der Waals surface area (Å²) in [5.41, 5.74) is 0. The normalized spacial score (nSPS) is 19.4. The van der Waals surface area contributed by atoms with Crippen LogP contribution in [0.5, 0.6) is 0 Å². The summed E-state index contributed by atoms with van der Waals surface area (Å²) < 4.78 is 62.4. The van der Waals surface area contributed by atoms with Crippen LogP contribution in [0.25, 0.3) is 0 Å². The van der Waals surface area contributed by atoms with Gasteiger partial charge in [0, 0.05) is 16.7 Å². The molecule has 0 saturated heterocycles. The lowest BCUT2D eigenvalue weighted by Crippen LogP contribution is -2.36. The van der Waals surface area contributed by atoms with Gasteiger partial charge in [-0.1, -0.05) is 31.0 Å². The van der Waals surface area contributed by atoms with Crippen LogP contribution in [0.1, 0.15) is 43.6 Å². The molecule has 0 unspecified atom stereocenters. The Bertz CT molecular complexity index is 1300. The molecule has 13 heteroatoms. The average molecular weight is 573 g/mol. The van der Waals surface area contributed by atoms with Crippen LogP contribution in [0.3, 0.4) is 0 Å². The molecule has 4 rings (SSSR count). The number of fused-ring (bicyclic) bond motifs is 1. The van der Waals surface area contributed by atoms with Crippen molar-refractivity contribution < 1.29 is 21.3 Å². The lowest BCUT2D eigenvalue weighted by molar-refractivity contribution is 0.344. The monoisotopic (exact) mass is 572 g/mol. The number of sulfonamides is 2. The highest BCUT2D eigenvalue weighted by molar-refractivity contribution is 8.16. The molecular formula is C23H32N4O5S4. The first-order valence-corrected chi connectivity index (χ1v) is 16.8. The smallest absolute Gasteiger partial charge is 0.264 e. The third-order valence-electron chi connectivity index (χ3n) is 5.80. The van der Waals surface area contributed by atoms with E-state index in [1.165, 1.54) is 23.9 Å². The van der Waals surface area contributed by atoms with Gasteiger partial charge in [0.05, 0.1) is 23.7 Å². The number of amidine groups is 1. The number of benzene rings is 1. The van der Waals surface area contributed by atoms with Crippen molar-refractivity contribution in [1.82, 2.24) is 14.3 Å². The van der Waals surface area contributed by atoms with Gasteiger partial charge in [-0.15, -0.1) is 0 Å². The van der Waals surface area contributed by atoms with Crippen LogP contribution >= 0.6 is 23.5 Å². The van der Waals surface area contributed by atoms with Crippen LogP contribution in [0.2, 0.25) is 0 Å². The number of hydrogen-bond donors (Lipinski definition) is 2. The summed E-state index contributed by atoms with van der Waals surface area (Å²) in [7, 11) is -3.74. The zero-order valence-electron chi connectivity index (χ0n) is 20.4. The predicted octanol–water partition coefficient (Wildman–Crippen LogP) is 3.63. The van der Waals surface area contributed by atoms with E-state index in [0.717, 1.165) is 50.2 Å². The highest BCUT2D eigenvalue weighted by Crippen LogP contribution is 2.34. The van der Waals surface area contributed by atoms with Gasteiger partial charge in [0.2, 0.25) is 10.0 Å². The van der Waals surface area contributed by atoms with E-state index in [1.807, 2.05) is 31.1 Å². The van der Waals surface area contributed by atoms with E-state index in [0.29, 0.717) is 22.9 Å². The second-order valence-corrected chi connectivity index (χ2v) is 14.6. The van der Waals surface area contributed by atoms with Crippen molar-refractivity contribution in [1.29, 1.82) is 0 Å². The lowest BCUT2D eigenvalue weighted by atomic mass is 9.96. The van der Waals surface area contributed by atoms with Crippen LogP contribution in [0.15, 0.2) is 54.4 Å². The third kappa shape index (κ3) is 7.29. The topological polar surface area (TPSA) is 121 Å². The molecule has 0 spiro atoms. The lowest BCUT2D eigenvalue weighted by Gasteiger charge is -2.23. The summed E-state index contributed by atoms with van der Waals surface area (Å²) >= 11 is 2.85. The first-order valence-electron chi connectivity index (χ1n) is 11.8. The van der Waals surface area contributed by atoms with Crippen molar-refractivity contribution in [2.24, 2.45) is 4.99 Å². The number of thioether (sulfide) groups is 2. The molecule has 1 aromatic heterocycles. The Morgan fingerprint density at radius 2 is 1.92 bits per heavy atom. The van der Waals surface area contributed by atoms with E-state index in [2.05, 4.69) is 14.4 Å². The third-order valence-corrected chi connectivity index (χ3v) is 10.9. The maximum atomic E-state index is 12.9. The predicted molar refractivity (Wildman–Crippen MR) is 144 cm³/mol. The summed E-state index contributed by atoms with van der Waals surface area (Å²) in [5, 5.41) is 0.283. The molecule has 2 heterocycles. The Morgan fingerprint density at radius 1 is 1.17 bits per heavy atom. The second-order valence-electron chi connectivity index (χ2n) is 9.12. The van der Waals surface area contributed by atoms with Crippen LogP contribution in [-0.4, -0.2) is 59.3 Å². The van der Waals surface area contributed by atoms with E-state index in [9.17, 15) is 16.8 Å². The zero-order valence-corrected chi connectivity index (χ0v) is 23.7. The molecule has 0 radical (unpaired) electrons. The van der Waals surface area contributed by atoms with Gasteiger partial charge >= 0.3 is 0 Å². The molecule has 198 valence electrons. The summed E-state index contributed by atoms with van der Waals surface area (Å²) in [4.78, 5) is 6.82. The Balaban J connectivity index is 1.34. The Labute approximate surface area is 222 Å². The molecule has 36 heavy (non-hydrogen) atoms. The average Bonchev–Trinajstić information content (AvgIpc) is 3.25. The van der Waals surface area contributed by atoms with Gasteiger partial charge in [0.15, 0.2) is 5.17 Å². The van der Waals surface area contributed by atoms with Gasteiger partial charge < -0.3 is 9.32 Å². The van der Waals surface area contributed by atoms with Gasteiger partial charge in [-0.2, -0.15) is 11.8 Å². The van der Waals surface area contributed by atoms with Gasteiger partial charge in [0.1, 0.15) is 16.4 Å². The van der Waals surface area contributed by atoms with Crippen LogP contribution in [-0.2, 0) is 32.3 Å². The van der Waals surface area contributed by atoms with Crippen LogP contribution in [0, 0.1) is 0 Å². The SMILES string of the molecule is CN(C)Cc1ccc(CSCCN=C2NS(=O)(=O)c3cc(S(=O)(=O)NC4CCCCC4)ccc3S2)o1. The van der Waals surface area contributed by atoms with Crippen LogP contribution in [0.4, 0.5) is 0 Å². The van der Waals surface area contributed by atoms with E-state index in [1.54, 1.807) is 17.8 Å². The molecule has 2 aromatic rings. The Morgan fingerprint density at radius 3 is 2.67 bits per heavy atom. The number of nitrogens with zero attached hydrogens (tertiary/aromatic N) is 2. The fourth-order valence-electron chi connectivity index (χ4n) is 4.10. The summed E-state index contributed by atoms with van der Waals surface area (Å²) in [6, 6.07) is 8.08. The van der Waals surface area contributed by atoms with Crippen molar-refractivity contribution >= 4 is 48.7 Å². The molecule has 1 fully saturated rings. The summed E-state index contributed by atoms with van der Waals surface area (Å²) in [6.45, 7) is 1.19. The molecule has 0 amide bonds. The van der Waals surface area contributed by atoms with Crippen LogP contribution < -0.4 is 9.44 Å². The standard InChI is InChI=1S/C23H32N4O5S4/c1-27(2)15-18-8-9-19(32-18)16-33-13-12-24-23-26-36(30,31)22-14-20(10-11-21(22)34-23)35(28,29)25-17-6-4-3-5-7-17/h8-11,14,17,25H,3-7,12-13,15-16H2,1-2H3,(H,24,26). The number of nitrogens with one attached hydrogen (secondary N) is 2. The molecule has 0 atom stereocenters. The summed E-state index contributed by atoms with van der Waals surface area (Å²) in [6.07, 6.45) is 4.71. The van der Waals surface area contributed by atoms with Gasteiger partial charge in [-0.05, 0) is 57.3 Å². The number of aliphatic imine (C=N–C) groups is 1. The van der Waals surface area contributed by atoms with E-state index in [-0.39, 0.29) is 21.0 Å². The molecule has 9 nitrogen and oxygen atoms in total. The molecule has 1 aliphatic carbocycles. The molecule has 1 aromatic carbocycles. The fourth-order valence-corrected chi connectivity index (χ4v) is 8.85. The number of rotatable bonds is 10. The second kappa shape index (κ2) is 11.9. The highest BCUT2D eigenvalue weighted by atomic mass is 32.2.